The molecule has 0 saturated heterocycles. The van der Waals surface area contributed by atoms with Crippen LogP contribution >= 0.6 is 35.3 Å². The molecule has 0 saturated carbocycles. The summed E-state index contributed by atoms with van der Waals surface area (Å²) in [5.74, 6) is 2.32. The number of ether oxygens (including phenoxy) is 2. The van der Waals surface area contributed by atoms with Gasteiger partial charge in [0.1, 0.15) is 0 Å². The van der Waals surface area contributed by atoms with E-state index in [4.69, 9.17) is 9.47 Å². The van der Waals surface area contributed by atoms with Crippen LogP contribution in [0.3, 0.4) is 0 Å². The molecular formula is C23H35IN4O3S. The zero-order valence-corrected chi connectivity index (χ0v) is 22.3. The fraction of sp³-hybridized carbons (Fsp3) is 0.478. The van der Waals surface area contributed by atoms with E-state index in [-0.39, 0.29) is 29.9 Å². The average Bonchev–Trinajstić information content (AvgIpc) is 3.30. The molecule has 1 aromatic heterocycles. The summed E-state index contributed by atoms with van der Waals surface area (Å²) in [4.78, 5) is 17.3. The van der Waals surface area contributed by atoms with E-state index in [1.165, 1.54) is 16.9 Å². The van der Waals surface area contributed by atoms with E-state index in [0.717, 1.165) is 48.3 Å². The number of guanidine groups is 1. The topological polar surface area (TPSA) is 84.0 Å². The van der Waals surface area contributed by atoms with E-state index in [1.54, 1.807) is 0 Å². The van der Waals surface area contributed by atoms with Crippen molar-refractivity contribution in [3.63, 3.8) is 0 Å². The molecule has 32 heavy (non-hydrogen) atoms. The van der Waals surface area contributed by atoms with Gasteiger partial charge < -0.3 is 25.4 Å². The summed E-state index contributed by atoms with van der Waals surface area (Å²) in [6.45, 7) is 9.97. The van der Waals surface area contributed by atoms with Gasteiger partial charge in [0.25, 0.3) is 5.91 Å². The van der Waals surface area contributed by atoms with Crippen molar-refractivity contribution >= 4 is 47.2 Å². The first-order chi connectivity index (χ1) is 15.2. The minimum absolute atomic E-state index is 0. The molecule has 1 amide bonds. The minimum Gasteiger partial charge on any atom is -0.490 e. The lowest BCUT2D eigenvalue weighted by Crippen LogP contribution is -2.38. The third kappa shape index (κ3) is 10.1. The number of thiophene rings is 1. The third-order valence-corrected chi connectivity index (χ3v) is 5.16. The number of amides is 1. The van der Waals surface area contributed by atoms with Crippen LogP contribution < -0.4 is 25.4 Å². The quantitative estimate of drug-likeness (QED) is 0.145. The van der Waals surface area contributed by atoms with Gasteiger partial charge in [0.15, 0.2) is 17.5 Å². The largest absolute Gasteiger partial charge is 0.490 e. The third-order valence-electron chi connectivity index (χ3n) is 4.29. The highest BCUT2D eigenvalue weighted by atomic mass is 127. The smallest absolute Gasteiger partial charge is 0.261 e. The number of carbonyl (C=O) groups excluding carboxylic acids is 1. The highest BCUT2D eigenvalue weighted by molar-refractivity contribution is 14.0. The zero-order valence-electron chi connectivity index (χ0n) is 19.1. The van der Waals surface area contributed by atoms with Crippen molar-refractivity contribution in [1.29, 1.82) is 0 Å². The van der Waals surface area contributed by atoms with Crippen molar-refractivity contribution in [2.24, 2.45) is 4.99 Å². The molecule has 0 aliphatic rings. The van der Waals surface area contributed by atoms with E-state index in [2.05, 4.69) is 27.0 Å². The molecule has 0 spiro atoms. The van der Waals surface area contributed by atoms with E-state index in [1.807, 2.05) is 50.4 Å². The first kappa shape index (κ1) is 28.0. The van der Waals surface area contributed by atoms with Crippen LogP contribution in [0.4, 0.5) is 0 Å². The van der Waals surface area contributed by atoms with Crippen molar-refractivity contribution < 1.29 is 14.3 Å². The van der Waals surface area contributed by atoms with Gasteiger partial charge in [0, 0.05) is 26.2 Å². The summed E-state index contributed by atoms with van der Waals surface area (Å²) in [5.41, 5.74) is 1.17. The Kier molecular flexibility index (Phi) is 14.5. The SMILES string of the molecule is CCNC(=NCCCNC(=O)c1cccs1)NCCc1ccc(OCC)c(OCC)c1.I. The van der Waals surface area contributed by atoms with E-state index < -0.39 is 0 Å². The molecule has 1 heterocycles. The summed E-state index contributed by atoms with van der Waals surface area (Å²) >= 11 is 1.45. The first-order valence-electron chi connectivity index (χ1n) is 10.9. The number of nitrogens with zero attached hydrogens (tertiary/aromatic N) is 1. The lowest BCUT2D eigenvalue weighted by atomic mass is 10.1. The Bertz CT molecular complexity index is 816. The Morgan fingerprint density at radius 3 is 2.47 bits per heavy atom. The molecule has 2 rings (SSSR count). The van der Waals surface area contributed by atoms with Crippen LogP contribution in [0.1, 0.15) is 42.4 Å². The van der Waals surface area contributed by atoms with Gasteiger partial charge in [0.05, 0.1) is 18.1 Å². The number of nitrogens with one attached hydrogen (secondary N) is 3. The molecule has 0 unspecified atom stereocenters. The second-order valence-electron chi connectivity index (χ2n) is 6.67. The lowest BCUT2D eigenvalue weighted by Gasteiger charge is -2.14. The lowest BCUT2D eigenvalue weighted by molar-refractivity contribution is 0.0957. The predicted molar refractivity (Wildman–Crippen MR) is 143 cm³/mol. The normalized spacial score (nSPS) is 10.8. The number of halogens is 1. The predicted octanol–water partition coefficient (Wildman–Crippen LogP) is 4.08. The fourth-order valence-corrected chi connectivity index (χ4v) is 3.52. The van der Waals surface area contributed by atoms with Gasteiger partial charge in [-0.2, -0.15) is 0 Å². The molecule has 0 radical (unpaired) electrons. The standard InChI is InChI=1S/C23H34N4O3S.HI/c1-4-24-23(26-14-8-13-25-22(28)21-9-7-16-31-21)27-15-12-18-10-11-19(29-5-2)20(17-18)30-6-3;/h7,9-11,16-17H,4-6,8,12-15H2,1-3H3,(H,25,28)(H2,24,26,27);1H. The summed E-state index contributed by atoms with van der Waals surface area (Å²) in [6, 6.07) is 9.77. The molecule has 0 aliphatic heterocycles. The molecule has 178 valence electrons. The van der Waals surface area contributed by atoms with Crippen LogP contribution in [0.2, 0.25) is 0 Å². The Morgan fingerprint density at radius 2 is 1.78 bits per heavy atom. The van der Waals surface area contributed by atoms with Crippen LogP contribution in [0, 0.1) is 0 Å². The van der Waals surface area contributed by atoms with E-state index >= 15 is 0 Å². The van der Waals surface area contributed by atoms with Gasteiger partial charge in [-0.3, -0.25) is 9.79 Å². The average molecular weight is 575 g/mol. The van der Waals surface area contributed by atoms with Gasteiger partial charge in [-0.05, 0) is 62.8 Å². The zero-order chi connectivity index (χ0) is 22.3. The number of rotatable bonds is 13. The van der Waals surface area contributed by atoms with Crippen molar-refractivity contribution in [1.82, 2.24) is 16.0 Å². The number of aliphatic imine (C=N–C) groups is 1. The summed E-state index contributed by atoms with van der Waals surface area (Å²) in [7, 11) is 0. The number of hydrogen-bond acceptors (Lipinski definition) is 5. The molecular weight excluding hydrogens is 539 g/mol. The summed E-state index contributed by atoms with van der Waals surface area (Å²) in [5, 5.41) is 11.4. The van der Waals surface area contributed by atoms with Crippen LogP contribution in [0.25, 0.3) is 0 Å². The molecule has 0 aliphatic carbocycles. The maximum absolute atomic E-state index is 11.9. The highest BCUT2D eigenvalue weighted by Gasteiger charge is 2.07. The summed E-state index contributed by atoms with van der Waals surface area (Å²) < 4.78 is 11.3. The van der Waals surface area contributed by atoms with Gasteiger partial charge in [0.2, 0.25) is 0 Å². The minimum atomic E-state index is -0.0224. The molecule has 0 bridgehead atoms. The summed E-state index contributed by atoms with van der Waals surface area (Å²) in [6.07, 6.45) is 1.62. The molecule has 1 aromatic carbocycles. The highest BCUT2D eigenvalue weighted by Crippen LogP contribution is 2.28. The molecule has 9 heteroatoms. The molecule has 0 fully saturated rings. The molecule has 0 atom stereocenters. The van der Waals surface area contributed by atoms with Crippen molar-refractivity contribution in [3.8, 4) is 11.5 Å². The van der Waals surface area contributed by atoms with Crippen LogP contribution in [0.15, 0.2) is 40.7 Å². The fourth-order valence-electron chi connectivity index (χ4n) is 2.88. The molecule has 7 nitrogen and oxygen atoms in total. The monoisotopic (exact) mass is 574 g/mol. The van der Waals surface area contributed by atoms with E-state index in [9.17, 15) is 4.79 Å². The van der Waals surface area contributed by atoms with Crippen LogP contribution in [0.5, 0.6) is 11.5 Å². The second-order valence-corrected chi connectivity index (χ2v) is 7.62. The maximum atomic E-state index is 11.9. The van der Waals surface area contributed by atoms with Crippen molar-refractivity contribution in [3.05, 3.63) is 46.2 Å². The second kappa shape index (κ2) is 16.6. The molecule has 3 N–H and O–H groups in total. The Morgan fingerprint density at radius 1 is 1.00 bits per heavy atom. The number of benzene rings is 1. The maximum Gasteiger partial charge on any atom is 0.261 e. The van der Waals surface area contributed by atoms with Gasteiger partial charge >= 0.3 is 0 Å². The number of carbonyl (C=O) groups is 1. The van der Waals surface area contributed by atoms with Crippen molar-refractivity contribution in [2.45, 2.75) is 33.6 Å². The van der Waals surface area contributed by atoms with E-state index in [0.29, 0.717) is 26.3 Å². The molecule has 2 aromatic rings. The Balaban J connectivity index is 0.00000512. The van der Waals surface area contributed by atoms with Crippen molar-refractivity contribution in [2.75, 3.05) is 39.4 Å². The van der Waals surface area contributed by atoms with Crippen LogP contribution in [-0.2, 0) is 6.42 Å². The van der Waals surface area contributed by atoms with Gasteiger partial charge in [-0.15, -0.1) is 35.3 Å². The Hall–Kier alpha value is -2.01. The first-order valence-corrected chi connectivity index (χ1v) is 11.8. The van der Waals surface area contributed by atoms with Gasteiger partial charge in [-0.25, -0.2) is 0 Å². The van der Waals surface area contributed by atoms with Crippen LogP contribution in [-0.4, -0.2) is 51.3 Å². The Labute approximate surface area is 212 Å². The number of hydrogen-bond donors (Lipinski definition) is 3. The van der Waals surface area contributed by atoms with Gasteiger partial charge in [-0.1, -0.05) is 12.1 Å².